The Morgan fingerprint density at radius 3 is 2.32 bits per heavy atom. The molecule has 0 aliphatic rings. The fourth-order valence-electron chi connectivity index (χ4n) is 3.11. The second-order valence-corrected chi connectivity index (χ2v) is 7.98. The van der Waals surface area contributed by atoms with E-state index in [0.717, 1.165) is 10.1 Å². The van der Waals surface area contributed by atoms with Gasteiger partial charge in [-0.15, -0.1) is 0 Å². The van der Waals surface area contributed by atoms with Crippen LogP contribution in [0, 0.1) is 6.92 Å². The van der Waals surface area contributed by atoms with Crippen molar-refractivity contribution in [3.05, 3.63) is 91.9 Å². The number of esters is 1. The normalized spacial score (nSPS) is 11.4. The number of hydrogen-bond donors (Lipinski definition) is 2. The van der Waals surface area contributed by atoms with E-state index in [1.165, 1.54) is 31.5 Å². The summed E-state index contributed by atoms with van der Waals surface area (Å²) in [6, 6.07) is 11.7. The van der Waals surface area contributed by atoms with Crippen molar-refractivity contribution in [1.82, 2.24) is 14.9 Å². The number of aromatic nitrogens is 2. The number of nitrogens with zero attached hydrogens (tertiary/aromatic N) is 2. The number of rotatable bonds is 7. The number of halogens is 2. The molecule has 2 aromatic carbocycles. The lowest BCUT2D eigenvalue weighted by atomic mass is 10.1. The number of hydrogen-bond acceptors (Lipinski definition) is 6. The van der Waals surface area contributed by atoms with Gasteiger partial charge in [0.1, 0.15) is 11.9 Å². The molecule has 3 aromatic rings. The molecule has 1 aromatic heterocycles. The van der Waals surface area contributed by atoms with Crippen LogP contribution in [0.1, 0.15) is 26.3 Å². The van der Waals surface area contributed by atoms with Crippen LogP contribution in [-0.4, -0.2) is 40.5 Å². The van der Waals surface area contributed by atoms with Gasteiger partial charge in [-0.05, 0) is 36.8 Å². The van der Waals surface area contributed by atoms with Crippen LogP contribution in [0.4, 0.5) is 5.82 Å². The molecule has 1 atom stereocenters. The third kappa shape index (κ3) is 5.81. The van der Waals surface area contributed by atoms with Crippen LogP contribution in [0.2, 0.25) is 10.0 Å². The summed E-state index contributed by atoms with van der Waals surface area (Å²) in [5, 5.41) is 5.33. The van der Waals surface area contributed by atoms with E-state index in [0.29, 0.717) is 5.56 Å². The molecule has 9 nitrogen and oxygen atoms in total. The molecule has 0 saturated carbocycles. The van der Waals surface area contributed by atoms with Crippen LogP contribution < -0.4 is 16.3 Å². The molecule has 11 heteroatoms. The minimum absolute atomic E-state index is 0.0409. The average molecular weight is 503 g/mol. The Morgan fingerprint density at radius 2 is 1.71 bits per heavy atom. The quantitative estimate of drug-likeness (QED) is 0.479. The van der Waals surface area contributed by atoms with Gasteiger partial charge in [0, 0.05) is 11.8 Å². The molecule has 0 unspecified atom stereocenters. The topological polar surface area (TPSA) is 119 Å². The van der Waals surface area contributed by atoms with Crippen molar-refractivity contribution in [3.8, 4) is 0 Å². The molecule has 1 heterocycles. The van der Waals surface area contributed by atoms with E-state index in [9.17, 15) is 19.2 Å². The molecule has 34 heavy (non-hydrogen) atoms. The molecule has 0 aliphatic carbocycles. The van der Waals surface area contributed by atoms with Crippen molar-refractivity contribution >= 4 is 46.8 Å². The highest BCUT2D eigenvalue weighted by Crippen LogP contribution is 2.24. The number of nitrogens with one attached hydrogen (secondary N) is 2. The van der Waals surface area contributed by atoms with Gasteiger partial charge in [-0.2, -0.15) is 4.98 Å². The highest BCUT2D eigenvalue weighted by atomic mass is 35.5. The van der Waals surface area contributed by atoms with Gasteiger partial charge >= 0.3 is 11.7 Å². The standard InChI is InChI=1S/C23H20Cl2N4O5/c1-13-6-3-4-7-14(13)20(30)26-17(22(32)34-2)12-29-11-10-18(28-23(29)33)27-21(31)19-15(24)8-5-9-16(19)25/h3-11,17H,12H2,1-2H3,(H,26,30)(H,27,28,31,33)/t17-/m0/s1. The summed E-state index contributed by atoms with van der Waals surface area (Å²) in [6.07, 6.45) is 1.33. The number of carbonyl (C=O) groups excluding carboxylic acids is 3. The van der Waals surface area contributed by atoms with E-state index in [4.69, 9.17) is 27.9 Å². The zero-order chi connectivity index (χ0) is 24.8. The first-order valence-electron chi connectivity index (χ1n) is 9.98. The van der Waals surface area contributed by atoms with E-state index < -0.39 is 29.5 Å². The lowest BCUT2D eigenvalue weighted by Crippen LogP contribution is -2.46. The number of amides is 2. The smallest absolute Gasteiger partial charge is 0.349 e. The van der Waals surface area contributed by atoms with Crippen molar-refractivity contribution in [2.75, 3.05) is 12.4 Å². The Bertz CT molecular complexity index is 1290. The molecule has 2 amide bonds. The van der Waals surface area contributed by atoms with E-state index in [1.807, 2.05) is 0 Å². The number of ether oxygens (including phenoxy) is 1. The van der Waals surface area contributed by atoms with Crippen molar-refractivity contribution < 1.29 is 19.1 Å². The predicted octanol–water partition coefficient (Wildman–Crippen LogP) is 3.08. The maximum atomic E-state index is 12.6. The summed E-state index contributed by atoms with van der Waals surface area (Å²) in [4.78, 5) is 53.8. The molecule has 0 saturated heterocycles. The summed E-state index contributed by atoms with van der Waals surface area (Å²) in [6.45, 7) is 1.53. The fraction of sp³-hybridized carbons (Fsp3) is 0.174. The van der Waals surface area contributed by atoms with Crippen molar-refractivity contribution in [3.63, 3.8) is 0 Å². The van der Waals surface area contributed by atoms with Crippen LogP contribution in [0.25, 0.3) is 0 Å². The first-order valence-corrected chi connectivity index (χ1v) is 10.7. The van der Waals surface area contributed by atoms with E-state index in [1.54, 1.807) is 37.3 Å². The SMILES string of the molecule is COC(=O)[C@H](Cn1ccc(NC(=O)c2c(Cl)cccc2Cl)nc1=O)NC(=O)c1ccccc1C. The first-order chi connectivity index (χ1) is 16.2. The number of benzene rings is 2. The summed E-state index contributed by atoms with van der Waals surface area (Å²) < 4.78 is 5.88. The Labute approximate surface area is 204 Å². The number of anilines is 1. The van der Waals surface area contributed by atoms with Gasteiger partial charge in [-0.25, -0.2) is 9.59 Å². The number of aryl methyl sites for hydroxylation is 1. The molecule has 0 spiro atoms. The largest absolute Gasteiger partial charge is 0.467 e. The Morgan fingerprint density at radius 1 is 1.03 bits per heavy atom. The molecule has 2 N–H and O–H groups in total. The van der Waals surface area contributed by atoms with Gasteiger partial charge in [-0.1, -0.05) is 47.5 Å². The van der Waals surface area contributed by atoms with Gasteiger partial charge in [0.2, 0.25) is 0 Å². The van der Waals surface area contributed by atoms with Gasteiger partial charge in [0.05, 0.1) is 29.3 Å². The van der Waals surface area contributed by atoms with Gasteiger partial charge in [-0.3, -0.25) is 14.2 Å². The van der Waals surface area contributed by atoms with Crippen LogP contribution in [0.3, 0.4) is 0 Å². The van der Waals surface area contributed by atoms with E-state index in [2.05, 4.69) is 15.6 Å². The van der Waals surface area contributed by atoms with Crippen molar-refractivity contribution in [2.45, 2.75) is 19.5 Å². The highest BCUT2D eigenvalue weighted by molar-refractivity contribution is 6.40. The molecular formula is C23H20Cl2N4O5. The molecule has 176 valence electrons. The molecule has 0 radical (unpaired) electrons. The first kappa shape index (κ1) is 24.9. The van der Waals surface area contributed by atoms with Crippen molar-refractivity contribution in [1.29, 1.82) is 0 Å². The van der Waals surface area contributed by atoms with Crippen molar-refractivity contribution in [2.24, 2.45) is 0 Å². The zero-order valence-corrected chi connectivity index (χ0v) is 19.7. The van der Waals surface area contributed by atoms with Gasteiger partial charge in [0.25, 0.3) is 11.8 Å². The third-order valence-corrected chi connectivity index (χ3v) is 5.50. The second kappa shape index (κ2) is 11.0. The van der Waals surface area contributed by atoms with Crippen LogP contribution in [0.15, 0.2) is 59.5 Å². The third-order valence-electron chi connectivity index (χ3n) is 4.87. The van der Waals surface area contributed by atoms with Crippen LogP contribution >= 0.6 is 23.2 Å². The molecule has 0 fully saturated rings. The predicted molar refractivity (Wildman–Crippen MR) is 127 cm³/mol. The molecular weight excluding hydrogens is 483 g/mol. The zero-order valence-electron chi connectivity index (χ0n) is 18.2. The highest BCUT2D eigenvalue weighted by Gasteiger charge is 2.24. The minimum atomic E-state index is -1.15. The maximum Gasteiger partial charge on any atom is 0.349 e. The van der Waals surface area contributed by atoms with E-state index in [-0.39, 0.29) is 28.0 Å². The lowest BCUT2D eigenvalue weighted by Gasteiger charge is -2.18. The molecule has 3 rings (SSSR count). The summed E-state index contributed by atoms with van der Waals surface area (Å²) >= 11 is 12.1. The van der Waals surface area contributed by atoms with Crippen LogP contribution in [0.5, 0.6) is 0 Å². The molecule has 0 bridgehead atoms. The minimum Gasteiger partial charge on any atom is -0.467 e. The van der Waals surface area contributed by atoms with Crippen LogP contribution in [-0.2, 0) is 16.1 Å². The van der Waals surface area contributed by atoms with E-state index >= 15 is 0 Å². The second-order valence-electron chi connectivity index (χ2n) is 7.16. The average Bonchev–Trinajstić information content (AvgIpc) is 2.79. The summed E-state index contributed by atoms with van der Waals surface area (Å²) in [7, 11) is 1.18. The number of methoxy groups -OCH3 is 1. The molecule has 0 aliphatic heterocycles. The Hall–Kier alpha value is -3.69. The maximum absolute atomic E-state index is 12.6. The summed E-state index contributed by atoms with van der Waals surface area (Å²) in [5.41, 5.74) is 0.392. The number of carbonyl (C=O) groups is 3. The summed E-state index contributed by atoms with van der Waals surface area (Å²) in [5.74, 6) is -1.91. The Balaban J connectivity index is 1.77. The fourth-order valence-corrected chi connectivity index (χ4v) is 3.68. The Kier molecular flexibility index (Phi) is 8.04. The van der Waals surface area contributed by atoms with Gasteiger partial charge < -0.3 is 15.4 Å². The lowest BCUT2D eigenvalue weighted by molar-refractivity contribution is -0.143. The van der Waals surface area contributed by atoms with Gasteiger partial charge in [0.15, 0.2) is 0 Å². The monoisotopic (exact) mass is 502 g/mol.